The van der Waals surface area contributed by atoms with Crippen molar-refractivity contribution >= 4 is 34.7 Å². The molecule has 0 atom stereocenters. The van der Waals surface area contributed by atoms with Crippen LogP contribution in [0.4, 0.5) is 5.69 Å². The summed E-state index contributed by atoms with van der Waals surface area (Å²) in [6.07, 6.45) is 0. The Bertz CT molecular complexity index is 813. The lowest BCUT2D eigenvalue weighted by molar-refractivity contribution is -0.113. The van der Waals surface area contributed by atoms with E-state index in [-0.39, 0.29) is 11.7 Å². The minimum Gasteiger partial charge on any atom is -0.410 e. The number of benzene rings is 1. The van der Waals surface area contributed by atoms with Crippen LogP contribution in [0.2, 0.25) is 0 Å². The van der Waals surface area contributed by atoms with E-state index in [1.807, 2.05) is 49.6 Å². The minimum atomic E-state index is -0.103. The van der Waals surface area contributed by atoms with Crippen LogP contribution in [0.3, 0.4) is 0 Å². The number of carbonyl (C=O) groups excluding carboxylic acids is 1. The van der Waals surface area contributed by atoms with Crippen molar-refractivity contribution in [2.24, 2.45) is 0 Å². The molecule has 0 fully saturated rings. The van der Waals surface area contributed by atoms with Gasteiger partial charge in [-0.25, -0.2) is 0 Å². The van der Waals surface area contributed by atoms with Gasteiger partial charge < -0.3 is 9.73 Å². The fourth-order valence-corrected chi connectivity index (χ4v) is 3.12. The van der Waals surface area contributed by atoms with Crippen molar-refractivity contribution in [3.8, 4) is 10.8 Å². The standard InChI is InChI=1S/C16H15N3O2S2/c1-10-5-6-12(8-11(10)2)17-14(20)9-23-16-19-18-15(21-16)13-4-3-7-22-13/h3-8H,9H2,1-2H3,(H,17,20). The Morgan fingerprint density at radius 1 is 1.26 bits per heavy atom. The van der Waals surface area contributed by atoms with Crippen molar-refractivity contribution in [1.82, 2.24) is 10.2 Å². The fourth-order valence-electron chi connectivity index (χ4n) is 1.91. The highest BCUT2D eigenvalue weighted by atomic mass is 32.2. The molecule has 1 aromatic carbocycles. The third-order valence-electron chi connectivity index (χ3n) is 3.26. The van der Waals surface area contributed by atoms with Gasteiger partial charge in [0.25, 0.3) is 11.1 Å². The van der Waals surface area contributed by atoms with E-state index in [0.29, 0.717) is 11.1 Å². The first-order valence-electron chi connectivity index (χ1n) is 6.99. The summed E-state index contributed by atoms with van der Waals surface area (Å²) in [6.45, 7) is 4.06. The number of carbonyl (C=O) groups is 1. The van der Waals surface area contributed by atoms with Crippen LogP contribution in [0.1, 0.15) is 11.1 Å². The molecule has 5 nitrogen and oxygen atoms in total. The molecule has 1 amide bonds. The Kier molecular flexibility index (Phi) is 4.78. The van der Waals surface area contributed by atoms with Crippen molar-refractivity contribution in [2.75, 3.05) is 11.1 Å². The van der Waals surface area contributed by atoms with Crippen LogP contribution in [0.15, 0.2) is 45.4 Å². The number of hydrogen-bond donors (Lipinski definition) is 1. The van der Waals surface area contributed by atoms with Gasteiger partial charge in [0.05, 0.1) is 10.6 Å². The molecule has 0 saturated heterocycles. The molecule has 3 aromatic rings. The third kappa shape index (κ3) is 4.00. The number of thiophene rings is 1. The number of rotatable bonds is 5. The number of nitrogens with zero attached hydrogens (tertiary/aromatic N) is 2. The molecule has 0 aliphatic rings. The molecule has 0 unspecified atom stereocenters. The monoisotopic (exact) mass is 345 g/mol. The van der Waals surface area contributed by atoms with Gasteiger partial charge in [0.15, 0.2) is 0 Å². The summed E-state index contributed by atoms with van der Waals surface area (Å²) in [6, 6.07) is 9.68. The zero-order chi connectivity index (χ0) is 16.2. The number of nitrogens with one attached hydrogen (secondary N) is 1. The summed E-state index contributed by atoms with van der Waals surface area (Å²) in [5.41, 5.74) is 3.14. The van der Waals surface area contributed by atoms with Gasteiger partial charge in [-0.2, -0.15) is 0 Å². The normalized spacial score (nSPS) is 10.7. The first-order valence-corrected chi connectivity index (χ1v) is 8.85. The van der Waals surface area contributed by atoms with E-state index in [4.69, 9.17) is 4.42 Å². The largest absolute Gasteiger partial charge is 0.410 e. The van der Waals surface area contributed by atoms with Crippen molar-refractivity contribution < 1.29 is 9.21 Å². The molecule has 0 aliphatic heterocycles. The van der Waals surface area contributed by atoms with Crippen molar-refractivity contribution in [3.63, 3.8) is 0 Å². The number of aryl methyl sites for hydroxylation is 2. The Hall–Kier alpha value is -2.12. The second-order valence-corrected chi connectivity index (χ2v) is 6.86. The average Bonchev–Trinajstić information content (AvgIpc) is 3.19. The molecule has 0 radical (unpaired) electrons. The van der Waals surface area contributed by atoms with E-state index < -0.39 is 0 Å². The summed E-state index contributed by atoms with van der Waals surface area (Å²) < 4.78 is 5.53. The molecular formula is C16H15N3O2S2. The van der Waals surface area contributed by atoms with Gasteiger partial charge in [0, 0.05) is 5.69 Å². The first-order chi connectivity index (χ1) is 11.1. The molecular weight excluding hydrogens is 330 g/mol. The number of aromatic nitrogens is 2. The lowest BCUT2D eigenvalue weighted by atomic mass is 10.1. The fraction of sp³-hybridized carbons (Fsp3) is 0.188. The van der Waals surface area contributed by atoms with Crippen molar-refractivity contribution in [2.45, 2.75) is 19.1 Å². The van der Waals surface area contributed by atoms with Gasteiger partial charge in [0.2, 0.25) is 5.91 Å². The van der Waals surface area contributed by atoms with Crippen LogP contribution in [0, 0.1) is 13.8 Å². The van der Waals surface area contributed by atoms with Crippen LogP contribution in [-0.2, 0) is 4.79 Å². The molecule has 0 aliphatic carbocycles. The minimum absolute atomic E-state index is 0.103. The second-order valence-electron chi connectivity index (χ2n) is 4.99. The number of thioether (sulfide) groups is 1. The maximum Gasteiger partial charge on any atom is 0.277 e. The maximum absolute atomic E-state index is 12.0. The van der Waals surface area contributed by atoms with E-state index in [1.165, 1.54) is 28.7 Å². The highest BCUT2D eigenvalue weighted by Crippen LogP contribution is 2.26. The maximum atomic E-state index is 12.0. The van der Waals surface area contributed by atoms with E-state index in [2.05, 4.69) is 15.5 Å². The van der Waals surface area contributed by atoms with Crippen molar-refractivity contribution in [3.05, 3.63) is 46.8 Å². The average molecular weight is 345 g/mol. The van der Waals surface area contributed by atoms with E-state index in [1.54, 1.807) is 0 Å². The number of amides is 1. The van der Waals surface area contributed by atoms with Gasteiger partial charge in [-0.05, 0) is 48.6 Å². The Morgan fingerprint density at radius 3 is 2.87 bits per heavy atom. The summed E-state index contributed by atoms with van der Waals surface area (Å²) in [5.74, 6) is 0.602. The molecule has 1 N–H and O–H groups in total. The molecule has 0 bridgehead atoms. The molecule has 7 heteroatoms. The zero-order valence-electron chi connectivity index (χ0n) is 12.7. The molecule has 0 spiro atoms. The van der Waals surface area contributed by atoms with Gasteiger partial charge >= 0.3 is 0 Å². The lowest BCUT2D eigenvalue weighted by Crippen LogP contribution is -2.14. The molecule has 2 aromatic heterocycles. The van der Waals surface area contributed by atoms with Crippen LogP contribution in [-0.4, -0.2) is 21.9 Å². The summed E-state index contributed by atoms with van der Waals surface area (Å²) in [5, 5.41) is 13.1. The van der Waals surface area contributed by atoms with E-state index >= 15 is 0 Å². The molecule has 0 saturated carbocycles. The number of hydrogen-bond acceptors (Lipinski definition) is 6. The third-order valence-corrected chi connectivity index (χ3v) is 4.93. The highest BCUT2D eigenvalue weighted by Gasteiger charge is 2.12. The SMILES string of the molecule is Cc1ccc(NC(=O)CSc2nnc(-c3cccs3)o2)cc1C. The van der Waals surface area contributed by atoms with Crippen LogP contribution < -0.4 is 5.32 Å². The Labute approximate surface area is 142 Å². The van der Waals surface area contributed by atoms with Gasteiger partial charge in [-0.15, -0.1) is 21.5 Å². The topological polar surface area (TPSA) is 68.0 Å². The second kappa shape index (κ2) is 6.97. The Balaban J connectivity index is 1.55. The number of anilines is 1. The Morgan fingerprint density at radius 2 is 2.13 bits per heavy atom. The van der Waals surface area contributed by atoms with Gasteiger partial charge in [0.1, 0.15) is 0 Å². The van der Waals surface area contributed by atoms with Crippen LogP contribution >= 0.6 is 23.1 Å². The molecule has 2 heterocycles. The predicted molar refractivity (Wildman–Crippen MR) is 92.9 cm³/mol. The smallest absolute Gasteiger partial charge is 0.277 e. The summed E-state index contributed by atoms with van der Waals surface area (Å²) in [4.78, 5) is 12.9. The lowest BCUT2D eigenvalue weighted by Gasteiger charge is -2.06. The van der Waals surface area contributed by atoms with Crippen LogP contribution in [0.25, 0.3) is 10.8 Å². The zero-order valence-corrected chi connectivity index (χ0v) is 14.3. The molecule has 3 rings (SSSR count). The van der Waals surface area contributed by atoms with Crippen LogP contribution in [0.5, 0.6) is 0 Å². The summed E-state index contributed by atoms with van der Waals surface area (Å²) in [7, 11) is 0. The van der Waals surface area contributed by atoms with E-state index in [9.17, 15) is 4.79 Å². The molecule has 23 heavy (non-hydrogen) atoms. The highest BCUT2D eigenvalue weighted by molar-refractivity contribution is 7.99. The predicted octanol–water partition coefficient (Wildman–Crippen LogP) is 4.15. The van der Waals surface area contributed by atoms with E-state index in [0.717, 1.165) is 16.1 Å². The molecule has 118 valence electrons. The quantitative estimate of drug-likeness (QED) is 0.704. The summed E-state index contributed by atoms with van der Waals surface area (Å²) >= 11 is 2.76. The van der Waals surface area contributed by atoms with Gasteiger partial charge in [-0.1, -0.05) is 23.9 Å². The van der Waals surface area contributed by atoms with Crippen molar-refractivity contribution in [1.29, 1.82) is 0 Å². The first kappa shape index (κ1) is 15.8. The van der Waals surface area contributed by atoms with Gasteiger partial charge in [-0.3, -0.25) is 4.79 Å².